The maximum Gasteiger partial charge on any atom is 0.285 e. The number of hydrogen-bond acceptors (Lipinski definition) is 4. The molecule has 1 saturated carbocycles. The third kappa shape index (κ3) is 6.74. The monoisotopic (exact) mass is 623 g/mol. The van der Waals surface area contributed by atoms with Crippen molar-refractivity contribution in [3.63, 3.8) is 0 Å². The standard InChI is InChI=1S/C31H38F4N3O4P/c1-5-20-17-31(20,43(41,42)18-22-23(32)13-9-14-24(22)33)37-27(39)25-15-10-16-38(25)28(40)26(29(2,3)4)36-19-30(34,35)21-11-7-6-8-12-21/h5-9,11-14,20,25-26,36H,1,10,15-19H2,2-4H3,(H,37,39)(H,41,42)/t20-,25+,26-,31+/m1/s1. The Labute approximate surface area is 249 Å². The summed E-state index contributed by atoms with van der Waals surface area (Å²) in [5.74, 6) is -7.07. The van der Waals surface area contributed by atoms with Gasteiger partial charge in [-0.05, 0) is 36.8 Å². The Morgan fingerprint density at radius 1 is 1.14 bits per heavy atom. The molecule has 1 unspecified atom stereocenters. The van der Waals surface area contributed by atoms with E-state index in [0.717, 1.165) is 18.2 Å². The number of nitrogens with one attached hydrogen (secondary N) is 2. The predicted octanol–water partition coefficient (Wildman–Crippen LogP) is 5.54. The molecule has 234 valence electrons. The molecule has 3 N–H and O–H groups in total. The molecular weight excluding hydrogens is 585 g/mol. The molecule has 1 saturated heterocycles. The molecule has 2 amide bonds. The van der Waals surface area contributed by atoms with Crippen LogP contribution in [0.4, 0.5) is 17.6 Å². The number of amides is 2. The molecule has 1 aliphatic carbocycles. The van der Waals surface area contributed by atoms with Crippen molar-refractivity contribution in [2.75, 3.05) is 13.1 Å². The molecule has 0 radical (unpaired) electrons. The van der Waals surface area contributed by atoms with Crippen molar-refractivity contribution in [3.8, 4) is 0 Å². The van der Waals surface area contributed by atoms with Gasteiger partial charge in [-0.2, -0.15) is 8.78 Å². The number of likely N-dealkylation sites (tertiary alicyclic amines) is 1. The van der Waals surface area contributed by atoms with Gasteiger partial charge in [0.25, 0.3) is 5.92 Å². The molecule has 5 atom stereocenters. The molecule has 12 heteroatoms. The molecule has 43 heavy (non-hydrogen) atoms. The molecule has 0 bridgehead atoms. The first-order valence-electron chi connectivity index (χ1n) is 14.2. The average Bonchev–Trinajstić information content (AvgIpc) is 3.43. The lowest BCUT2D eigenvalue weighted by atomic mass is 9.85. The molecule has 7 nitrogen and oxygen atoms in total. The van der Waals surface area contributed by atoms with Crippen molar-refractivity contribution >= 4 is 19.2 Å². The minimum absolute atomic E-state index is 0.0352. The van der Waals surface area contributed by atoms with Crippen molar-refractivity contribution in [1.29, 1.82) is 0 Å². The van der Waals surface area contributed by atoms with Crippen molar-refractivity contribution < 1.29 is 36.6 Å². The van der Waals surface area contributed by atoms with Crippen LogP contribution in [0.5, 0.6) is 0 Å². The molecule has 0 aromatic heterocycles. The third-order valence-corrected chi connectivity index (χ3v) is 11.0. The topological polar surface area (TPSA) is 98.7 Å². The Balaban J connectivity index is 1.52. The maximum atomic E-state index is 15.0. The second-order valence-corrected chi connectivity index (χ2v) is 15.0. The predicted molar refractivity (Wildman–Crippen MR) is 155 cm³/mol. The number of rotatable bonds is 11. The van der Waals surface area contributed by atoms with Crippen LogP contribution >= 0.6 is 7.37 Å². The molecule has 2 aromatic rings. The summed E-state index contributed by atoms with van der Waals surface area (Å²) in [6, 6.07) is 8.27. The Bertz CT molecular complexity index is 1400. The van der Waals surface area contributed by atoms with E-state index in [1.807, 2.05) is 0 Å². The third-order valence-electron chi connectivity index (χ3n) is 8.34. The summed E-state index contributed by atoms with van der Waals surface area (Å²) in [6.07, 6.45) is 1.31. The summed E-state index contributed by atoms with van der Waals surface area (Å²) < 4.78 is 72.3. The Hall–Kier alpha value is -3.01. The van der Waals surface area contributed by atoms with Crippen molar-refractivity contribution in [2.45, 2.75) is 69.5 Å². The first kappa shape index (κ1) is 32.9. The van der Waals surface area contributed by atoms with E-state index in [1.54, 1.807) is 26.8 Å². The highest BCUT2D eigenvalue weighted by Crippen LogP contribution is 2.71. The maximum absolute atomic E-state index is 15.0. The minimum atomic E-state index is -4.46. The Morgan fingerprint density at radius 2 is 1.77 bits per heavy atom. The summed E-state index contributed by atoms with van der Waals surface area (Å²) in [5.41, 5.74) is -1.55. The van der Waals surface area contributed by atoms with Crippen LogP contribution in [0.15, 0.2) is 61.2 Å². The quantitative estimate of drug-likeness (QED) is 0.174. The Morgan fingerprint density at radius 3 is 2.33 bits per heavy atom. The number of carbonyl (C=O) groups excluding carboxylic acids is 2. The number of benzene rings is 2. The van der Waals surface area contributed by atoms with Gasteiger partial charge in [0.2, 0.25) is 19.2 Å². The smallest absolute Gasteiger partial charge is 0.285 e. The van der Waals surface area contributed by atoms with Gasteiger partial charge in [-0.3, -0.25) is 19.5 Å². The summed E-state index contributed by atoms with van der Waals surface area (Å²) in [4.78, 5) is 39.9. The van der Waals surface area contributed by atoms with E-state index in [9.17, 15) is 36.6 Å². The SMILES string of the molecule is C=C[C@@H]1C[C@]1(NC(=O)[C@@H]1CCCN1C(=O)[C@@H](NCC(F)(F)c1ccccc1)C(C)(C)C)P(=O)(O)Cc1c(F)cccc1F. The van der Waals surface area contributed by atoms with Gasteiger partial charge in [0.05, 0.1) is 18.7 Å². The van der Waals surface area contributed by atoms with Gasteiger partial charge in [-0.15, -0.1) is 6.58 Å². The zero-order chi connectivity index (χ0) is 31.8. The van der Waals surface area contributed by atoms with Crippen LogP contribution in [0.2, 0.25) is 0 Å². The fourth-order valence-electron chi connectivity index (χ4n) is 5.77. The Kier molecular flexibility index (Phi) is 9.31. The van der Waals surface area contributed by atoms with Crippen molar-refractivity contribution in [1.82, 2.24) is 15.5 Å². The van der Waals surface area contributed by atoms with Gasteiger partial charge in [0, 0.05) is 23.6 Å². The second kappa shape index (κ2) is 12.2. The number of alkyl halides is 2. The van der Waals surface area contributed by atoms with Gasteiger partial charge in [0.1, 0.15) is 23.0 Å². The normalized spacial score (nSPS) is 24.2. The molecule has 2 fully saturated rings. The van der Waals surface area contributed by atoms with Crippen LogP contribution in [0.1, 0.15) is 51.2 Å². The molecule has 2 aromatic carbocycles. The zero-order valence-electron chi connectivity index (χ0n) is 24.5. The van der Waals surface area contributed by atoms with E-state index in [0.29, 0.717) is 6.42 Å². The van der Waals surface area contributed by atoms with Crippen LogP contribution in [0.25, 0.3) is 0 Å². The van der Waals surface area contributed by atoms with Gasteiger partial charge in [-0.1, -0.05) is 63.2 Å². The second-order valence-electron chi connectivity index (χ2n) is 12.5. The minimum Gasteiger partial charge on any atom is -0.342 e. The fourth-order valence-corrected chi connectivity index (χ4v) is 8.17. The van der Waals surface area contributed by atoms with Gasteiger partial charge >= 0.3 is 0 Å². The van der Waals surface area contributed by atoms with E-state index in [-0.39, 0.29) is 24.9 Å². The highest BCUT2D eigenvalue weighted by atomic mass is 31.2. The lowest BCUT2D eigenvalue weighted by molar-refractivity contribution is -0.142. The highest BCUT2D eigenvalue weighted by molar-refractivity contribution is 7.59. The van der Waals surface area contributed by atoms with Crippen molar-refractivity contribution in [3.05, 3.63) is 83.9 Å². The average molecular weight is 624 g/mol. The van der Waals surface area contributed by atoms with Crippen molar-refractivity contribution in [2.24, 2.45) is 11.3 Å². The highest BCUT2D eigenvalue weighted by Gasteiger charge is 2.65. The van der Waals surface area contributed by atoms with E-state index in [2.05, 4.69) is 17.2 Å². The largest absolute Gasteiger partial charge is 0.342 e. The fraction of sp³-hybridized carbons (Fsp3) is 0.484. The van der Waals surface area contributed by atoms with Crippen LogP contribution in [0.3, 0.4) is 0 Å². The summed E-state index contributed by atoms with van der Waals surface area (Å²) >= 11 is 0. The van der Waals surface area contributed by atoms with E-state index in [1.165, 1.54) is 35.2 Å². The van der Waals surface area contributed by atoms with Gasteiger partial charge < -0.3 is 15.1 Å². The van der Waals surface area contributed by atoms with Crippen LogP contribution in [0, 0.1) is 23.0 Å². The van der Waals surface area contributed by atoms with Gasteiger partial charge in [0.15, 0.2) is 0 Å². The molecule has 1 aliphatic heterocycles. The zero-order valence-corrected chi connectivity index (χ0v) is 25.4. The number of carbonyl (C=O) groups is 2. The summed E-state index contributed by atoms with van der Waals surface area (Å²) in [5, 5.41) is 3.68. The lowest BCUT2D eigenvalue weighted by Crippen LogP contribution is -2.58. The number of hydrogen-bond donors (Lipinski definition) is 3. The first-order chi connectivity index (χ1) is 20.0. The van der Waals surface area contributed by atoms with Crippen LogP contribution in [-0.4, -0.2) is 52.1 Å². The molecule has 0 spiro atoms. The molecule has 1 heterocycles. The van der Waals surface area contributed by atoms with E-state index >= 15 is 0 Å². The molecular formula is C31H38F4N3O4P. The van der Waals surface area contributed by atoms with E-state index < -0.39 is 83.7 Å². The van der Waals surface area contributed by atoms with E-state index in [4.69, 9.17) is 0 Å². The first-order valence-corrected chi connectivity index (χ1v) is 16.0. The lowest BCUT2D eigenvalue weighted by Gasteiger charge is -2.37. The summed E-state index contributed by atoms with van der Waals surface area (Å²) in [6.45, 7) is 8.24. The van der Waals surface area contributed by atoms with Crippen LogP contribution < -0.4 is 10.6 Å². The van der Waals surface area contributed by atoms with Gasteiger partial charge in [-0.25, -0.2) is 8.78 Å². The summed E-state index contributed by atoms with van der Waals surface area (Å²) in [7, 11) is -4.46. The number of halogens is 4. The van der Waals surface area contributed by atoms with Crippen LogP contribution in [-0.2, 0) is 26.2 Å². The number of nitrogens with zero attached hydrogens (tertiary/aromatic N) is 1. The molecule has 4 rings (SSSR count). The molecule has 2 aliphatic rings.